The van der Waals surface area contributed by atoms with Crippen molar-refractivity contribution in [3.8, 4) is 0 Å². The van der Waals surface area contributed by atoms with Crippen LogP contribution in [0.4, 0.5) is 13.2 Å². The van der Waals surface area contributed by atoms with Gasteiger partial charge in [0.05, 0.1) is 5.56 Å². The molecule has 0 radical (unpaired) electrons. The zero-order chi connectivity index (χ0) is 14.0. The Labute approximate surface area is 121 Å². The molecule has 1 atom stereocenters. The lowest BCUT2D eigenvalue weighted by Gasteiger charge is -2.16. The van der Waals surface area contributed by atoms with Crippen LogP contribution in [0.25, 0.3) is 0 Å². The normalized spacial score (nSPS) is 13.5. The largest absolute Gasteiger partial charge is 0.416 e. The van der Waals surface area contributed by atoms with Gasteiger partial charge in [0.1, 0.15) is 0 Å². The summed E-state index contributed by atoms with van der Waals surface area (Å²) in [6.07, 6.45) is -3.82. The number of hydrogen-bond donors (Lipinski definition) is 1. The van der Waals surface area contributed by atoms with Crippen LogP contribution in [0, 0.1) is 0 Å². The Morgan fingerprint density at radius 3 is 2.58 bits per heavy atom. The van der Waals surface area contributed by atoms with Gasteiger partial charge >= 0.3 is 6.18 Å². The lowest BCUT2D eigenvalue weighted by molar-refractivity contribution is -0.137. The maximum atomic E-state index is 12.7. The van der Waals surface area contributed by atoms with Crippen molar-refractivity contribution in [2.24, 2.45) is 5.73 Å². The van der Waals surface area contributed by atoms with E-state index in [0.717, 1.165) is 17.0 Å². The molecule has 1 aromatic carbocycles. The van der Waals surface area contributed by atoms with Crippen LogP contribution in [0.3, 0.4) is 0 Å². The molecule has 6 heteroatoms. The number of halogens is 4. The summed E-state index contributed by atoms with van der Waals surface area (Å²) in [5, 5.41) is 1.92. The molecule has 19 heavy (non-hydrogen) atoms. The predicted molar refractivity (Wildman–Crippen MR) is 74.1 cm³/mol. The minimum atomic E-state index is -4.35. The Morgan fingerprint density at radius 2 is 2.00 bits per heavy atom. The molecule has 0 spiro atoms. The summed E-state index contributed by atoms with van der Waals surface area (Å²) in [4.78, 5) is 1.05. The molecule has 1 nitrogen and oxygen atoms in total. The van der Waals surface area contributed by atoms with E-state index in [1.165, 1.54) is 6.07 Å². The Kier molecular flexibility index (Phi) is 4.32. The number of thiophene rings is 1. The lowest BCUT2D eigenvalue weighted by Crippen LogP contribution is -2.15. The SMILES string of the molecule is NC(Cc1cccs1)c1cc(C(F)(F)F)ccc1Br. The van der Waals surface area contributed by atoms with Crippen molar-refractivity contribution in [1.82, 2.24) is 0 Å². The summed E-state index contributed by atoms with van der Waals surface area (Å²) in [5.74, 6) is 0. The fourth-order valence-electron chi connectivity index (χ4n) is 1.76. The molecule has 0 aliphatic rings. The molecule has 2 aromatic rings. The summed E-state index contributed by atoms with van der Waals surface area (Å²) in [7, 11) is 0. The van der Waals surface area contributed by atoms with Crippen LogP contribution in [0.2, 0.25) is 0 Å². The topological polar surface area (TPSA) is 26.0 Å². The fraction of sp³-hybridized carbons (Fsp3) is 0.231. The summed E-state index contributed by atoms with van der Waals surface area (Å²) in [5.41, 5.74) is 5.81. The molecule has 0 fully saturated rings. The van der Waals surface area contributed by atoms with Gasteiger partial charge in [-0.15, -0.1) is 11.3 Å². The molecule has 2 N–H and O–H groups in total. The highest BCUT2D eigenvalue weighted by atomic mass is 79.9. The van der Waals surface area contributed by atoms with Crippen molar-refractivity contribution in [3.63, 3.8) is 0 Å². The van der Waals surface area contributed by atoms with Gasteiger partial charge in [0.25, 0.3) is 0 Å². The third-order valence-corrected chi connectivity index (χ3v) is 4.34. The molecule has 0 bridgehead atoms. The number of alkyl halides is 3. The minimum absolute atomic E-state index is 0.463. The number of benzene rings is 1. The Morgan fingerprint density at radius 1 is 1.26 bits per heavy atom. The second-order valence-corrected chi connectivity index (χ2v) is 6.01. The Hall–Kier alpha value is -0.850. The second-order valence-electron chi connectivity index (χ2n) is 4.12. The van der Waals surface area contributed by atoms with Gasteiger partial charge in [0.15, 0.2) is 0 Å². The van der Waals surface area contributed by atoms with Crippen molar-refractivity contribution >= 4 is 27.3 Å². The number of hydrogen-bond acceptors (Lipinski definition) is 2. The van der Waals surface area contributed by atoms with E-state index < -0.39 is 17.8 Å². The molecule has 1 aromatic heterocycles. The standard InChI is InChI=1S/C13H11BrF3NS/c14-11-4-3-8(13(15,16)17)6-10(11)12(18)7-9-2-1-5-19-9/h1-6,12H,7,18H2. The van der Waals surface area contributed by atoms with E-state index >= 15 is 0 Å². The van der Waals surface area contributed by atoms with Crippen molar-refractivity contribution in [2.45, 2.75) is 18.6 Å². The lowest BCUT2D eigenvalue weighted by atomic mass is 10.0. The smallest absolute Gasteiger partial charge is 0.324 e. The maximum Gasteiger partial charge on any atom is 0.416 e. The van der Waals surface area contributed by atoms with Crippen LogP contribution >= 0.6 is 27.3 Å². The molecule has 0 aliphatic heterocycles. The van der Waals surface area contributed by atoms with Crippen LogP contribution in [-0.4, -0.2) is 0 Å². The van der Waals surface area contributed by atoms with Gasteiger partial charge in [-0.1, -0.05) is 22.0 Å². The molecule has 0 saturated carbocycles. The van der Waals surface area contributed by atoms with Gasteiger partial charge in [0.2, 0.25) is 0 Å². The second kappa shape index (κ2) is 5.64. The van der Waals surface area contributed by atoms with E-state index in [-0.39, 0.29) is 0 Å². The van der Waals surface area contributed by atoms with Gasteiger partial charge < -0.3 is 5.73 Å². The minimum Gasteiger partial charge on any atom is -0.324 e. The van der Waals surface area contributed by atoms with Crippen molar-refractivity contribution < 1.29 is 13.2 Å². The van der Waals surface area contributed by atoms with Gasteiger partial charge in [-0.2, -0.15) is 13.2 Å². The van der Waals surface area contributed by atoms with Crippen molar-refractivity contribution in [1.29, 1.82) is 0 Å². The summed E-state index contributed by atoms with van der Waals surface area (Å²) < 4.78 is 38.7. The maximum absolute atomic E-state index is 12.7. The third-order valence-electron chi connectivity index (χ3n) is 2.72. The van der Waals surface area contributed by atoms with E-state index in [4.69, 9.17) is 5.73 Å². The number of rotatable bonds is 3. The highest BCUT2D eigenvalue weighted by Gasteiger charge is 2.31. The highest BCUT2D eigenvalue weighted by Crippen LogP contribution is 2.34. The molecule has 0 saturated heterocycles. The quantitative estimate of drug-likeness (QED) is 0.848. The summed E-state index contributed by atoms with van der Waals surface area (Å²) in [6.45, 7) is 0. The average molecular weight is 350 g/mol. The molecular formula is C13H11BrF3NS. The Bertz CT molecular complexity index is 552. The van der Waals surface area contributed by atoms with Crippen LogP contribution < -0.4 is 5.73 Å². The summed E-state index contributed by atoms with van der Waals surface area (Å²) >= 11 is 4.80. The summed E-state index contributed by atoms with van der Waals surface area (Å²) in [6, 6.07) is 6.91. The van der Waals surface area contributed by atoms with Crippen LogP contribution in [0.5, 0.6) is 0 Å². The first-order chi connectivity index (χ1) is 8.88. The Balaban J connectivity index is 2.28. The van der Waals surface area contributed by atoms with E-state index in [1.54, 1.807) is 11.3 Å². The van der Waals surface area contributed by atoms with E-state index in [1.807, 2.05) is 17.5 Å². The van der Waals surface area contributed by atoms with E-state index in [0.29, 0.717) is 16.5 Å². The molecule has 2 rings (SSSR count). The molecule has 0 aliphatic carbocycles. The highest BCUT2D eigenvalue weighted by molar-refractivity contribution is 9.10. The first kappa shape index (κ1) is 14.6. The van der Waals surface area contributed by atoms with Gasteiger partial charge in [-0.25, -0.2) is 0 Å². The molecular weight excluding hydrogens is 339 g/mol. The zero-order valence-corrected chi connectivity index (χ0v) is 12.1. The zero-order valence-electron chi connectivity index (χ0n) is 9.75. The van der Waals surface area contributed by atoms with Crippen molar-refractivity contribution in [3.05, 3.63) is 56.2 Å². The van der Waals surface area contributed by atoms with Gasteiger partial charge in [0, 0.05) is 21.8 Å². The van der Waals surface area contributed by atoms with Crippen molar-refractivity contribution in [2.75, 3.05) is 0 Å². The van der Waals surface area contributed by atoms with Gasteiger partial charge in [-0.3, -0.25) is 0 Å². The number of nitrogens with two attached hydrogens (primary N) is 1. The molecule has 0 amide bonds. The van der Waals surface area contributed by atoms with Crippen LogP contribution in [-0.2, 0) is 12.6 Å². The first-order valence-corrected chi connectivity index (χ1v) is 7.20. The molecule has 1 heterocycles. The van der Waals surface area contributed by atoms with E-state index in [2.05, 4.69) is 15.9 Å². The fourth-order valence-corrected chi connectivity index (χ4v) is 3.07. The molecule has 1 unspecified atom stereocenters. The van der Waals surface area contributed by atoms with E-state index in [9.17, 15) is 13.2 Å². The van der Waals surface area contributed by atoms with Gasteiger partial charge in [-0.05, 0) is 35.2 Å². The monoisotopic (exact) mass is 349 g/mol. The molecule has 102 valence electrons. The predicted octanol–water partition coefficient (Wildman–Crippen LogP) is 4.77. The average Bonchev–Trinajstić information content (AvgIpc) is 2.80. The first-order valence-electron chi connectivity index (χ1n) is 5.52. The third kappa shape index (κ3) is 3.58. The van der Waals surface area contributed by atoms with Crippen LogP contribution in [0.1, 0.15) is 22.0 Å². The van der Waals surface area contributed by atoms with Crippen LogP contribution in [0.15, 0.2) is 40.2 Å².